The molecule has 1 aromatic carbocycles. The molecule has 3 heteroatoms. The molecule has 0 amide bonds. The van der Waals surface area contributed by atoms with Crippen molar-refractivity contribution in [1.82, 2.24) is 5.32 Å². The fourth-order valence-corrected chi connectivity index (χ4v) is 2.33. The minimum atomic E-state index is -0.918. The molecule has 0 aliphatic carbocycles. The summed E-state index contributed by atoms with van der Waals surface area (Å²) in [6.07, 6.45) is 3.49. The molecule has 1 aromatic rings. The Labute approximate surface area is 102 Å². The minimum absolute atomic E-state index is 0.0362. The zero-order valence-corrected chi connectivity index (χ0v) is 10.3. The summed E-state index contributed by atoms with van der Waals surface area (Å²) in [4.78, 5) is 0. The number of alkyl halides is 1. The first-order chi connectivity index (χ1) is 8.31. The summed E-state index contributed by atoms with van der Waals surface area (Å²) in [6, 6.07) is 7.23. The Morgan fingerprint density at radius 1 is 1.24 bits per heavy atom. The first kappa shape index (κ1) is 12.4. The highest BCUT2D eigenvalue weighted by atomic mass is 19.1. The van der Waals surface area contributed by atoms with E-state index in [1.54, 1.807) is 7.11 Å². The van der Waals surface area contributed by atoms with Gasteiger partial charge >= 0.3 is 0 Å². The van der Waals surface area contributed by atoms with Crippen LogP contribution in [0.25, 0.3) is 0 Å². The van der Waals surface area contributed by atoms with Crippen LogP contribution >= 0.6 is 0 Å². The van der Waals surface area contributed by atoms with Crippen molar-refractivity contribution in [3.63, 3.8) is 0 Å². The molecule has 0 bridgehead atoms. The lowest BCUT2D eigenvalue weighted by atomic mass is 10.00. The molecule has 94 valence electrons. The van der Waals surface area contributed by atoms with Crippen molar-refractivity contribution in [1.29, 1.82) is 0 Å². The Hall–Kier alpha value is -1.09. The van der Waals surface area contributed by atoms with Gasteiger partial charge in [0.05, 0.1) is 7.11 Å². The number of ether oxygens (including phenoxy) is 1. The average molecular weight is 237 g/mol. The third kappa shape index (κ3) is 3.19. The molecule has 1 heterocycles. The van der Waals surface area contributed by atoms with Crippen molar-refractivity contribution in [2.75, 3.05) is 13.7 Å². The lowest BCUT2D eigenvalue weighted by Gasteiger charge is -2.20. The van der Waals surface area contributed by atoms with Gasteiger partial charge in [0.2, 0.25) is 0 Å². The second kappa shape index (κ2) is 6.01. The first-order valence-electron chi connectivity index (χ1n) is 6.32. The van der Waals surface area contributed by atoms with Gasteiger partial charge in [-0.05, 0) is 37.1 Å². The van der Waals surface area contributed by atoms with Crippen molar-refractivity contribution >= 4 is 0 Å². The lowest BCUT2D eigenvalue weighted by Crippen LogP contribution is -2.32. The Morgan fingerprint density at radius 2 is 2.00 bits per heavy atom. The molecule has 17 heavy (non-hydrogen) atoms. The van der Waals surface area contributed by atoms with E-state index >= 15 is 0 Å². The van der Waals surface area contributed by atoms with Crippen LogP contribution in [0, 0.1) is 0 Å². The molecule has 0 saturated carbocycles. The Balaban J connectivity index is 2.03. The van der Waals surface area contributed by atoms with E-state index in [0.717, 1.165) is 37.1 Å². The molecular formula is C14H20FNO. The third-order valence-electron chi connectivity index (χ3n) is 3.39. The van der Waals surface area contributed by atoms with E-state index in [2.05, 4.69) is 5.32 Å². The highest BCUT2D eigenvalue weighted by Crippen LogP contribution is 2.27. The third-order valence-corrected chi connectivity index (χ3v) is 3.39. The number of hydrogen-bond donors (Lipinski definition) is 1. The number of benzene rings is 1. The van der Waals surface area contributed by atoms with Crippen molar-refractivity contribution in [2.24, 2.45) is 0 Å². The second-order valence-electron chi connectivity index (χ2n) is 4.58. The zero-order valence-electron chi connectivity index (χ0n) is 10.3. The maximum atomic E-state index is 14.3. The molecule has 2 nitrogen and oxygen atoms in total. The molecule has 0 spiro atoms. The van der Waals surface area contributed by atoms with Crippen LogP contribution in [-0.2, 0) is 0 Å². The van der Waals surface area contributed by atoms with Crippen LogP contribution in [0.2, 0.25) is 0 Å². The van der Waals surface area contributed by atoms with E-state index in [4.69, 9.17) is 4.74 Å². The fraction of sp³-hybridized carbons (Fsp3) is 0.571. The van der Waals surface area contributed by atoms with Gasteiger partial charge < -0.3 is 10.1 Å². The number of methoxy groups -OCH3 is 1. The van der Waals surface area contributed by atoms with Gasteiger partial charge in [0.25, 0.3) is 0 Å². The van der Waals surface area contributed by atoms with Gasteiger partial charge in [-0.2, -0.15) is 0 Å². The van der Waals surface area contributed by atoms with Gasteiger partial charge in [0.1, 0.15) is 11.9 Å². The summed E-state index contributed by atoms with van der Waals surface area (Å²) in [5.41, 5.74) is 0.741. The highest BCUT2D eigenvalue weighted by molar-refractivity contribution is 5.29. The van der Waals surface area contributed by atoms with Crippen molar-refractivity contribution in [2.45, 2.75) is 37.9 Å². The monoisotopic (exact) mass is 237 g/mol. The van der Waals surface area contributed by atoms with Crippen molar-refractivity contribution in [3.8, 4) is 5.75 Å². The molecule has 1 N–H and O–H groups in total. The number of rotatable bonds is 3. The number of halogens is 1. The van der Waals surface area contributed by atoms with Gasteiger partial charge in [-0.3, -0.25) is 0 Å². The predicted molar refractivity (Wildman–Crippen MR) is 67.1 cm³/mol. The zero-order chi connectivity index (χ0) is 12.1. The molecule has 0 aromatic heterocycles. The van der Waals surface area contributed by atoms with E-state index in [1.165, 1.54) is 6.42 Å². The van der Waals surface area contributed by atoms with E-state index in [1.807, 2.05) is 24.3 Å². The quantitative estimate of drug-likeness (QED) is 0.871. The molecule has 0 radical (unpaired) electrons. The molecule has 1 saturated heterocycles. The molecule has 2 atom stereocenters. The minimum Gasteiger partial charge on any atom is -0.497 e. The summed E-state index contributed by atoms with van der Waals surface area (Å²) >= 11 is 0. The van der Waals surface area contributed by atoms with Crippen LogP contribution in [-0.4, -0.2) is 19.7 Å². The maximum absolute atomic E-state index is 14.3. The van der Waals surface area contributed by atoms with E-state index in [0.29, 0.717) is 0 Å². The second-order valence-corrected chi connectivity index (χ2v) is 4.58. The fourth-order valence-electron chi connectivity index (χ4n) is 2.33. The van der Waals surface area contributed by atoms with Gasteiger partial charge in [-0.1, -0.05) is 25.0 Å². The summed E-state index contributed by atoms with van der Waals surface area (Å²) in [7, 11) is 1.62. The molecule has 2 rings (SSSR count). The largest absolute Gasteiger partial charge is 0.497 e. The smallest absolute Gasteiger partial charge is 0.140 e. The molecule has 1 fully saturated rings. The normalized spacial score (nSPS) is 22.8. The van der Waals surface area contributed by atoms with Crippen molar-refractivity contribution in [3.05, 3.63) is 29.8 Å². The lowest BCUT2D eigenvalue weighted by molar-refractivity contribution is 0.249. The van der Waals surface area contributed by atoms with Crippen LogP contribution in [0.5, 0.6) is 5.75 Å². The summed E-state index contributed by atoms with van der Waals surface area (Å²) in [5.74, 6) is 0.773. The number of hydrogen-bond acceptors (Lipinski definition) is 2. The first-order valence-corrected chi connectivity index (χ1v) is 6.32. The van der Waals surface area contributed by atoms with E-state index in [9.17, 15) is 4.39 Å². The molecule has 1 aliphatic heterocycles. The van der Waals surface area contributed by atoms with Crippen LogP contribution in [0.1, 0.15) is 37.4 Å². The van der Waals surface area contributed by atoms with E-state index in [-0.39, 0.29) is 6.04 Å². The molecule has 1 aliphatic rings. The SMILES string of the molecule is COc1ccc(C(F)C2CCCCCN2)cc1. The standard InChI is InChI=1S/C14H20FNO/c1-17-12-8-6-11(7-9-12)14(15)13-5-3-2-4-10-16-13/h6-9,13-14,16H,2-5,10H2,1H3. The van der Waals surface area contributed by atoms with Gasteiger partial charge in [-0.25, -0.2) is 4.39 Å². The van der Waals surface area contributed by atoms with Gasteiger partial charge in [0, 0.05) is 6.04 Å². The highest BCUT2D eigenvalue weighted by Gasteiger charge is 2.23. The molecular weight excluding hydrogens is 217 g/mol. The summed E-state index contributed by atoms with van der Waals surface area (Å²) in [5, 5.41) is 3.30. The maximum Gasteiger partial charge on any atom is 0.140 e. The summed E-state index contributed by atoms with van der Waals surface area (Å²) in [6.45, 7) is 0.932. The van der Waals surface area contributed by atoms with E-state index < -0.39 is 6.17 Å². The van der Waals surface area contributed by atoms with Crippen molar-refractivity contribution < 1.29 is 9.13 Å². The van der Waals surface area contributed by atoms with Crippen LogP contribution in [0.4, 0.5) is 4.39 Å². The van der Waals surface area contributed by atoms with Crippen LogP contribution in [0.15, 0.2) is 24.3 Å². The topological polar surface area (TPSA) is 21.3 Å². The van der Waals surface area contributed by atoms with Gasteiger partial charge in [0.15, 0.2) is 0 Å². The number of nitrogens with one attached hydrogen (secondary N) is 1. The summed E-state index contributed by atoms with van der Waals surface area (Å²) < 4.78 is 19.4. The Morgan fingerprint density at radius 3 is 2.71 bits per heavy atom. The van der Waals surface area contributed by atoms with Gasteiger partial charge in [-0.15, -0.1) is 0 Å². The average Bonchev–Trinajstić information content (AvgIpc) is 2.67. The van der Waals surface area contributed by atoms with Crippen LogP contribution in [0.3, 0.4) is 0 Å². The predicted octanol–water partition coefficient (Wildman–Crippen LogP) is 3.24. The Bertz CT molecular complexity index is 331. The van der Waals surface area contributed by atoms with Crippen LogP contribution < -0.4 is 10.1 Å². The Kier molecular flexibility index (Phi) is 4.37. The molecule has 2 unspecified atom stereocenters.